The van der Waals surface area contributed by atoms with Gasteiger partial charge >= 0.3 is 6.18 Å². The molecule has 142 valence electrons. The molecule has 0 bridgehead atoms. The van der Waals surface area contributed by atoms with E-state index in [1.54, 1.807) is 36.7 Å². The number of benzene rings is 1. The normalized spacial score (nSPS) is 11.7. The Bertz CT molecular complexity index is 824. The number of carbonyl (C=O) groups is 1. The summed E-state index contributed by atoms with van der Waals surface area (Å²) in [6.07, 6.45) is -3.91. The van der Waals surface area contributed by atoms with Crippen LogP contribution in [0.3, 0.4) is 0 Å². The fourth-order valence-electron chi connectivity index (χ4n) is 2.20. The van der Waals surface area contributed by atoms with Crippen molar-refractivity contribution < 1.29 is 22.7 Å². The van der Waals surface area contributed by atoms with Gasteiger partial charge in [-0.2, -0.15) is 13.2 Å². The number of hydrogen-bond acceptors (Lipinski definition) is 5. The number of thioether (sulfide) groups is 1. The van der Waals surface area contributed by atoms with Crippen molar-refractivity contribution in [2.45, 2.75) is 24.3 Å². The Labute approximate surface area is 151 Å². The highest BCUT2D eigenvalue weighted by atomic mass is 32.2. The van der Waals surface area contributed by atoms with Gasteiger partial charge in [0, 0.05) is 20.3 Å². The van der Waals surface area contributed by atoms with Gasteiger partial charge in [-0.05, 0) is 18.6 Å². The van der Waals surface area contributed by atoms with E-state index in [0.29, 0.717) is 30.5 Å². The molecule has 1 heterocycles. The van der Waals surface area contributed by atoms with Gasteiger partial charge in [-0.15, -0.1) is 0 Å². The molecule has 1 amide bonds. The molecule has 0 aliphatic rings. The van der Waals surface area contributed by atoms with Crippen LogP contribution in [-0.4, -0.2) is 47.6 Å². The van der Waals surface area contributed by atoms with Crippen molar-refractivity contribution >= 4 is 28.6 Å². The number of alkyl halides is 3. The molecule has 0 aliphatic carbocycles. The first-order valence-corrected chi connectivity index (χ1v) is 8.75. The van der Waals surface area contributed by atoms with E-state index in [4.69, 9.17) is 4.74 Å². The molecule has 0 aliphatic heterocycles. The number of carbonyl (C=O) groups excluding carboxylic acids is 1. The molecule has 0 fully saturated rings. The van der Waals surface area contributed by atoms with Gasteiger partial charge < -0.3 is 10.1 Å². The van der Waals surface area contributed by atoms with Crippen LogP contribution in [0.1, 0.15) is 6.42 Å². The van der Waals surface area contributed by atoms with Crippen LogP contribution in [-0.2, 0) is 16.1 Å². The zero-order valence-corrected chi connectivity index (χ0v) is 14.8. The highest BCUT2D eigenvalue weighted by Crippen LogP contribution is 2.18. The fraction of sp³-hybridized carbons (Fsp3) is 0.438. The predicted octanol–water partition coefficient (Wildman–Crippen LogP) is 2.20. The van der Waals surface area contributed by atoms with E-state index in [2.05, 4.69) is 4.98 Å². The average Bonchev–Trinajstić information content (AvgIpc) is 2.60. The molecule has 0 saturated carbocycles. The monoisotopic (exact) mass is 389 g/mol. The number of hydrogen-bond donors (Lipinski definition) is 1. The number of methoxy groups -OCH3 is 1. The largest absolute Gasteiger partial charge is 0.405 e. The predicted molar refractivity (Wildman–Crippen MR) is 92.3 cm³/mol. The van der Waals surface area contributed by atoms with Crippen LogP contribution in [0.25, 0.3) is 10.9 Å². The van der Waals surface area contributed by atoms with Crippen molar-refractivity contribution in [3.05, 3.63) is 34.6 Å². The molecular weight excluding hydrogens is 371 g/mol. The summed E-state index contributed by atoms with van der Waals surface area (Å²) in [5.41, 5.74) is 0.212. The molecular formula is C16H18F3N3O3S. The molecule has 2 rings (SSSR count). The highest BCUT2D eigenvalue weighted by molar-refractivity contribution is 7.99. The van der Waals surface area contributed by atoms with Crippen LogP contribution in [0.4, 0.5) is 13.2 Å². The van der Waals surface area contributed by atoms with Gasteiger partial charge in [0.25, 0.3) is 5.56 Å². The topological polar surface area (TPSA) is 73.2 Å². The number of amides is 1. The molecule has 0 radical (unpaired) electrons. The number of aromatic nitrogens is 2. The zero-order valence-electron chi connectivity index (χ0n) is 14.0. The van der Waals surface area contributed by atoms with E-state index in [1.165, 1.54) is 4.57 Å². The molecule has 6 nitrogen and oxygen atoms in total. The maximum Gasteiger partial charge on any atom is 0.405 e. The zero-order chi connectivity index (χ0) is 19.2. The summed E-state index contributed by atoms with van der Waals surface area (Å²) in [5, 5.41) is 2.52. The van der Waals surface area contributed by atoms with Gasteiger partial charge in [0.1, 0.15) is 6.54 Å². The summed E-state index contributed by atoms with van der Waals surface area (Å²) < 4.78 is 42.9. The lowest BCUT2D eigenvalue weighted by Gasteiger charge is -2.13. The third-order valence-electron chi connectivity index (χ3n) is 3.38. The summed E-state index contributed by atoms with van der Waals surface area (Å²) in [6.45, 7) is -0.620. The number of halogens is 3. The van der Waals surface area contributed by atoms with E-state index in [-0.39, 0.29) is 16.5 Å². The van der Waals surface area contributed by atoms with E-state index < -0.39 is 18.6 Å². The lowest BCUT2D eigenvalue weighted by atomic mass is 10.2. The van der Waals surface area contributed by atoms with Crippen LogP contribution < -0.4 is 10.9 Å². The quantitative estimate of drug-likeness (QED) is 0.426. The van der Waals surface area contributed by atoms with Crippen molar-refractivity contribution in [3.8, 4) is 0 Å². The SMILES string of the molecule is COCCCn1c(SCC(=O)NCC(F)(F)F)nc2ccccc2c1=O. The maximum absolute atomic E-state index is 12.7. The van der Waals surface area contributed by atoms with Crippen LogP contribution in [0.15, 0.2) is 34.2 Å². The molecule has 0 saturated heterocycles. The number of para-hydroxylation sites is 1. The van der Waals surface area contributed by atoms with Crippen LogP contribution >= 0.6 is 11.8 Å². The van der Waals surface area contributed by atoms with Gasteiger partial charge in [-0.25, -0.2) is 4.98 Å². The van der Waals surface area contributed by atoms with Crippen molar-refractivity contribution in [2.24, 2.45) is 0 Å². The smallest absolute Gasteiger partial charge is 0.385 e. The van der Waals surface area contributed by atoms with E-state index in [9.17, 15) is 22.8 Å². The minimum atomic E-state index is -4.47. The summed E-state index contributed by atoms with van der Waals surface area (Å²) in [4.78, 5) is 28.7. The van der Waals surface area contributed by atoms with Gasteiger partial charge in [0.05, 0.1) is 16.7 Å². The number of fused-ring (bicyclic) bond motifs is 1. The van der Waals surface area contributed by atoms with Crippen LogP contribution in [0.2, 0.25) is 0 Å². The number of rotatable bonds is 8. The second kappa shape index (κ2) is 9.04. The van der Waals surface area contributed by atoms with Crippen molar-refractivity contribution in [1.29, 1.82) is 0 Å². The van der Waals surface area contributed by atoms with E-state index in [0.717, 1.165) is 11.8 Å². The lowest BCUT2D eigenvalue weighted by molar-refractivity contribution is -0.136. The van der Waals surface area contributed by atoms with Gasteiger partial charge in [-0.3, -0.25) is 14.2 Å². The third-order valence-corrected chi connectivity index (χ3v) is 4.35. The molecule has 10 heteroatoms. The maximum atomic E-state index is 12.7. The van der Waals surface area contributed by atoms with E-state index >= 15 is 0 Å². The van der Waals surface area contributed by atoms with Crippen molar-refractivity contribution in [3.63, 3.8) is 0 Å². The lowest BCUT2D eigenvalue weighted by Crippen LogP contribution is -2.35. The third kappa shape index (κ3) is 5.73. The Morgan fingerprint density at radius 3 is 2.77 bits per heavy atom. The molecule has 1 aromatic carbocycles. The summed E-state index contributed by atoms with van der Waals surface area (Å²) >= 11 is 0.924. The number of ether oxygens (including phenoxy) is 1. The highest BCUT2D eigenvalue weighted by Gasteiger charge is 2.27. The molecule has 26 heavy (non-hydrogen) atoms. The first-order valence-electron chi connectivity index (χ1n) is 7.76. The summed E-state index contributed by atoms with van der Waals surface area (Å²) in [7, 11) is 1.54. The van der Waals surface area contributed by atoms with Crippen LogP contribution in [0.5, 0.6) is 0 Å². The Morgan fingerprint density at radius 2 is 2.08 bits per heavy atom. The molecule has 0 unspecified atom stereocenters. The number of nitrogens with one attached hydrogen (secondary N) is 1. The van der Waals surface area contributed by atoms with Gasteiger partial charge in [-0.1, -0.05) is 23.9 Å². The van der Waals surface area contributed by atoms with E-state index in [1.807, 2.05) is 0 Å². The van der Waals surface area contributed by atoms with Gasteiger partial charge in [0.2, 0.25) is 5.91 Å². The standard InChI is InChI=1S/C16H18F3N3O3S/c1-25-8-4-7-22-14(24)11-5-2-3-6-12(11)21-15(22)26-9-13(23)20-10-16(17,18)19/h2-3,5-6H,4,7-10H2,1H3,(H,20,23). The van der Waals surface area contributed by atoms with Gasteiger partial charge in [0.15, 0.2) is 5.16 Å². The Morgan fingerprint density at radius 1 is 1.35 bits per heavy atom. The minimum absolute atomic E-state index is 0.259. The summed E-state index contributed by atoms with van der Waals surface area (Å²) in [6, 6.07) is 6.78. The molecule has 1 N–H and O–H groups in total. The van der Waals surface area contributed by atoms with Crippen molar-refractivity contribution in [2.75, 3.05) is 26.0 Å². The fourth-order valence-corrected chi connectivity index (χ4v) is 3.06. The molecule has 0 spiro atoms. The minimum Gasteiger partial charge on any atom is -0.385 e. The first-order chi connectivity index (χ1) is 12.3. The van der Waals surface area contributed by atoms with Crippen molar-refractivity contribution in [1.82, 2.24) is 14.9 Å². The Balaban J connectivity index is 2.19. The van der Waals surface area contributed by atoms with Crippen LogP contribution in [0, 0.1) is 0 Å². The Kier molecular flexibility index (Phi) is 7.04. The second-order valence-corrected chi connectivity index (χ2v) is 6.34. The average molecular weight is 389 g/mol. The molecule has 0 atom stereocenters. The first kappa shape index (κ1) is 20.2. The Hall–Kier alpha value is -2.07. The summed E-state index contributed by atoms with van der Waals surface area (Å²) in [5.74, 6) is -1.05. The molecule has 1 aromatic heterocycles. The number of nitrogens with zero attached hydrogens (tertiary/aromatic N) is 2. The molecule has 2 aromatic rings. The second-order valence-electron chi connectivity index (χ2n) is 5.40.